The van der Waals surface area contributed by atoms with Crippen LogP contribution in [0.25, 0.3) is 0 Å². The Morgan fingerprint density at radius 3 is 2.27 bits per heavy atom. The Bertz CT molecular complexity index is 711. The minimum absolute atomic E-state index is 0.141. The molecule has 0 saturated heterocycles. The predicted octanol–water partition coefficient (Wildman–Crippen LogP) is 1.93. The van der Waals surface area contributed by atoms with Crippen molar-refractivity contribution in [2.45, 2.75) is 70.7 Å². The first-order valence-corrected chi connectivity index (χ1v) is 10.4. The molecule has 1 aromatic carbocycles. The van der Waals surface area contributed by atoms with E-state index in [1.165, 1.54) is 6.92 Å². The van der Waals surface area contributed by atoms with Crippen molar-refractivity contribution in [1.29, 1.82) is 5.41 Å². The molecule has 1 rings (SSSR count). The number of amides is 3. The SMILES string of the molecule is CCCC[C@H](NC(C)=O)C(=O)N[C@@H](CCC(O)C=N)C(=O)NCc1ccc(Cl)cc1. The third-order valence-electron chi connectivity index (χ3n) is 4.50. The average molecular weight is 439 g/mol. The average Bonchev–Trinajstić information content (AvgIpc) is 2.72. The zero-order chi connectivity index (χ0) is 22.5. The number of aliphatic hydroxyl groups excluding tert-OH is 1. The van der Waals surface area contributed by atoms with Gasteiger partial charge in [-0.05, 0) is 37.0 Å². The van der Waals surface area contributed by atoms with Crippen LogP contribution >= 0.6 is 11.6 Å². The quantitative estimate of drug-likeness (QED) is 0.301. The number of halogens is 1. The summed E-state index contributed by atoms with van der Waals surface area (Å²) in [5.74, 6) is -1.18. The maximum atomic E-state index is 12.7. The monoisotopic (exact) mass is 438 g/mol. The van der Waals surface area contributed by atoms with E-state index in [2.05, 4.69) is 16.0 Å². The van der Waals surface area contributed by atoms with Crippen LogP contribution in [0.5, 0.6) is 0 Å². The smallest absolute Gasteiger partial charge is 0.243 e. The number of carbonyl (C=O) groups is 3. The minimum Gasteiger partial charge on any atom is -0.387 e. The van der Waals surface area contributed by atoms with Gasteiger partial charge in [0.1, 0.15) is 12.1 Å². The summed E-state index contributed by atoms with van der Waals surface area (Å²) in [4.78, 5) is 36.8. The molecule has 1 unspecified atom stereocenters. The maximum absolute atomic E-state index is 12.7. The van der Waals surface area contributed by atoms with Crippen molar-refractivity contribution in [2.24, 2.45) is 0 Å². The first kappa shape index (κ1) is 25.6. The highest BCUT2D eigenvalue weighted by atomic mass is 35.5. The summed E-state index contributed by atoms with van der Waals surface area (Å²) in [6, 6.07) is 5.36. The normalized spacial score (nSPS) is 13.6. The molecule has 9 heteroatoms. The van der Waals surface area contributed by atoms with Crippen LogP contribution in [0.4, 0.5) is 0 Å². The number of benzene rings is 1. The first-order valence-electron chi connectivity index (χ1n) is 10.0. The van der Waals surface area contributed by atoms with Crippen LogP contribution in [-0.2, 0) is 20.9 Å². The molecule has 0 aromatic heterocycles. The Kier molecular flexibility index (Phi) is 11.7. The number of rotatable bonds is 13. The van der Waals surface area contributed by atoms with Gasteiger partial charge >= 0.3 is 0 Å². The predicted molar refractivity (Wildman–Crippen MR) is 116 cm³/mol. The number of hydrogen-bond acceptors (Lipinski definition) is 5. The molecule has 0 aliphatic heterocycles. The molecule has 0 spiro atoms. The van der Waals surface area contributed by atoms with E-state index in [4.69, 9.17) is 17.0 Å². The molecule has 3 atom stereocenters. The lowest BCUT2D eigenvalue weighted by molar-refractivity contribution is -0.132. The largest absolute Gasteiger partial charge is 0.387 e. The third-order valence-corrected chi connectivity index (χ3v) is 4.75. The summed E-state index contributed by atoms with van der Waals surface area (Å²) in [7, 11) is 0. The molecule has 30 heavy (non-hydrogen) atoms. The lowest BCUT2D eigenvalue weighted by atomic mass is 10.0. The second kappa shape index (κ2) is 13.7. The van der Waals surface area contributed by atoms with Crippen LogP contribution in [0.2, 0.25) is 5.02 Å². The zero-order valence-electron chi connectivity index (χ0n) is 17.4. The van der Waals surface area contributed by atoms with Crippen molar-refractivity contribution in [2.75, 3.05) is 0 Å². The van der Waals surface area contributed by atoms with E-state index in [0.29, 0.717) is 11.4 Å². The molecule has 0 saturated carbocycles. The van der Waals surface area contributed by atoms with Crippen molar-refractivity contribution in [1.82, 2.24) is 16.0 Å². The maximum Gasteiger partial charge on any atom is 0.243 e. The molecule has 0 radical (unpaired) electrons. The van der Waals surface area contributed by atoms with Gasteiger partial charge in [0.2, 0.25) is 17.7 Å². The van der Waals surface area contributed by atoms with Gasteiger partial charge in [0.25, 0.3) is 0 Å². The molecule has 0 heterocycles. The number of unbranched alkanes of at least 4 members (excludes halogenated alkanes) is 1. The molecule has 0 aliphatic carbocycles. The Balaban J connectivity index is 2.81. The fourth-order valence-corrected chi connectivity index (χ4v) is 2.92. The summed E-state index contributed by atoms with van der Waals surface area (Å²) in [6.07, 6.45) is 2.24. The Labute approximate surface area is 182 Å². The van der Waals surface area contributed by atoms with Crippen molar-refractivity contribution >= 4 is 35.5 Å². The van der Waals surface area contributed by atoms with E-state index < -0.39 is 30.0 Å². The van der Waals surface area contributed by atoms with Crippen LogP contribution in [0, 0.1) is 5.41 Å². The van der Waals surface area contributed by atoms with Crippen molar-refractivity contribution in [3.8, 4) is 0 Å². The van der Waals surface area contributed by atoms with Crippen LogP contribution in [0.15, 0.2) is 24.3 Å². The number of nitrogens with one attached hydrogen (secondary N) is 4. The van der Waals surface area contributed by atoms with Gasteiger partial charge < -0.3 is 26.5 Å². The highest BCUT2D eigenvalue weighted by Gasteiger charge is 2.26. The van der Waals surface area contributed by atoms with E-state index in [0.717, 1.165) is 24.6 Å². The summed E-state index contributed by atoms with van der Waals surface area (Å²) in [5.41, 5.74) is 0.844. The van der Waals surface area contributed by atoms with E-state index >= 15 is 0 Å². The lowest BCUT2D eigenvalue weighted by Gasteiger charge is -2.23. The summed E-state index contributed by atoms with van der Waals surface area (Å²) in [5, 5.41) is 25.4. The van der Waals surface area contributed by atoms with Gasteiger partial charge in [0.05, 0.1) is 6.10 Å². The molecule has 3 amide bonds. The summed E-state index contributed by atoms with van der Waals surface area (Å²) >= 11 is 5.86. The van der Waals surface area contributed by atoms with E-state index in [1.54, 1.807) is 24.3 Å². The standard InChI is InChI=1S/C21H31ClN4O4/c1-3-4-5-18(25-14(2)27)21(30)26-19(11-10-17(28)12-23)20(29)24-13-15-6-8-16(22)9-7-15/h6-9,12,17-19,23,28H,3-5,10-11,13H2,1-2H3,(H,24,29)(H,25,27)(H,26,30)/t17?,18-,19-/m0/s1. The van der Waals surface area contributed by atoms with Gasteiger partial charge in [0, 0.05) is 24.7 Å². The molecule has 166 valence electrons. The van der Waals surface area contributed by atoms with E-state index in [9.17, 15) is 19.5 Å². The van der Waals surface area contributed by atoms with Crippen LogP contribution < -0.4 is 16.0 Å². The Morgan fingerprint density at radius 1 is 1.07 bits per heavy atom. The van der Waals surface area contributed by atoms with Crippen molar-refractivity contribution < 1.29 is 19.5 Å². The first-order chi connectivity index (χ1) is 14.3. The van der Waals surface area contributed by atoms with Gasteiger partial charge in [-0.25, -0.2) is 0 Å². The number of hydrogen-bond donors (Lipinski definition) is 5. The van der Waals surface area contributed by atoms with Gasteiger partial charge in [-0.1, -0.05) is 43.5 Å². The molecule has 8 nitrogen and oxygen atoms in total. The van der Waals surface area contributed by atoms with Crippen molar-refractivity contribution in [3.63, 3.8) is 0 Å². The minimum atomic E-state index is -1.00. The number of aliphatic hydroxyl groups is 1. The second-order valence-corrected chi connectivity index (χ2v) is 7.55. The van der Waals surface area contributed by atoms with Crippen LogP contribution in [0.1, 0.15) is 51.5 Å². The fraction of sp³-hybridized carbons (Fsp3) is 0.524. The second-order valence-electron chi connectivity index (χ2n) is 7.11. The van der Waals surface area contributed by atoms with Crippen molar-refractivity contribution in [3.05, 3.63) is 34.9 Å². The molecular formula is C21H31ClN4O4. The molecule has 0 aliphatic rings. The molecule has 0 fully saturated rings. The molecular weight excluding hydrogens is 408 g/mol. The van der Waals surface area contributed by atoms with Gasteiger partial charge in [-0.3, -0.25) is 14.4 Å². The summed E-state index contributed by atoms with van der Waals surface area (Å²) in [6.45, 7) is 3.57. The third kappa shape index (κ3) is 9.84. The molecule has 5 N–H and O–H groups in total. The van der Waals surface area contributed by atoms with E-state index in [-0.39, 0.29) is 25.3 Å². The zero-order valence-corrected chi connectivity index (χ0v) is 18.2. The highest BCUT2D eigenvalue weighted by Crippen LogP contribution is 2.10. The Morgan fingerprint density at radius 2 is 1.70 bits per heavy atom. The Hall–Kier alpha value is -2.45. The lowest BCUT2D eigenvalue weighted by Crippen LogP contribution is -2.53. The summed E-state index contributed by atoms with van der Waals surface area (Å²) < 4.78 is 0. The molecule has 0 bridgehead atoms. The molecule has 1 aromatic rings. The fourth-order valence-electron chi connectivity index (χ4n) is 2.80. The van der Waals surface area contributed by atoms with E-state index in [1.807, 2.05) is 6.92 Å². The topological polar surface area (TPSA) is 131 Å². The number of carbonyl (C=O) groups excluding carboxylic acids is 3. The van der Waals surface area contributed by atoms with Crippen LogP contribution in [-0.4, -0.2) is 47.2 Å². The van der Waals surface area contributed by atoms with Gasteiger partial charge in [0.15, 0.2) is 0 Å². The van der Waals surface area contributed by atoms with Gasteiger partial charge in [-0.2, -0.15) is 0 Å². The van der Waals surface area contributed by atoms with Crippen LogP contribution in [0.3, 0.4) is 0 Å². The van der Waals surface area contributed by atoms with Gasteiger partial charge in [-0.15, -0.1) is 0 Å². The highest BCUT2D eigenvalue weighted by molar-refractivity contribution is 6.30.